The van der Waals surface area contributed by atoms with Gasteiger partial charge in [0, 0.05) is 23.5 Å². The Morgan fingerprint density at radius 2 is 1.92 bits per heavy atom. The van der Waals surface area contributed by atoms with Crippen molar-refractivity contribution in [2.75, 3.05) is 6.61 Å². The van der Waals surface area contributed by atoms with Gasteiger partial charge in [-0.3, -0.25) is 4.79 Å². The highest BCUT2D eigenvalue weighted by molar-refractivity contribution is 6.06. The van der Waals surface area contributed by atoms with Gasteiger partial charge >= 0.3 is 5.97 Å². The maximum atomic E-state index is 13.0. The maximum absolute atomic E-state index is 13.0. The lowest BCUT2D eigenvalue weighted by Gasteiger charge is -2.17. The van der Waals surface area contributed by atoms with Crippen LogP contribution in [0.15, 0.2) is 42.0 Å². The van der Waals surface area contributed by atoms with Gasteiger partial charge in [-0.25, -0.2) is 4.79 Å². The Kier molecular flexibility index (Phi) is 7.47. The second-order valence-electron chi connectivity index (χ2n) is 6.21. The van der Waals surface area contributed by atoms with Crippen molar-refractivity contribution in [3.63, 3.8) is 0 Å². The normalized spacial score (nSPS) is 18.9. The molecule has 132 valence electrons. The summed E-state index contributed by atoms with van der Waals surface area (Å²) in [6.45, 7) is 4.23. The summed E-state index contributed by atoms with van der Waals surface area (Å²) in [5, 5.41) is 0. The van der Waals surface area contributed by atoms with Crippen molar-refractivity contribution < 1.29 is 14.3 Å². The predicted molar refractivity (Wildman–Crippen MR) is 99.0 cm³/mol. The van der Waals surface area contributed by atoms with Crippen LogP contribution in [0, 0.1) is 23.7 Å². The number of rotatable bonds is 7. The molecule has 0 N–H and O–H groups in total. The Hall–Kier alpha value is -2.34. The molecule has 1 aromatic rings. The van der Waals surface area contributed by atoms with Gasteiger partial charge in [-0.05, 0) is 19.8 Å². The van der Waals surface area contributed by atoms with Crippen molar-refractivity contribution in [2.24, 2.45) is 11.8 Å². The van der Waals surface area contributed by atoms with Gasteiger partial charge in [0.25, 0.3) is 0 Å². The zero-order valence-electron chi connectivity index (χ0n) is 15.1. The number of benzene rings is 1. The highest BCUT2D eigenvalue weighted by Crippen LogP contribution is 2.35. The quantitative estimate of drug-likeness (QED) is 0.316. The van der Waals surface area contributed by atoms with E-state index in [1.165, 1.54) is 0 Å². The van der Waals surface area contributed by atoms with Crippen molar-refractivity contribution in [1.82, 2.24) is 0 Å². The van der Waals surface area contributed by atoms with Gasteiger partial charge in [0.1, 0.15) is 0 Å². The van der Waals surface area contributed by atoms with Crippen LogP contribution in [0.2, 0.25) is 0 Å². The molecule has 25 heavy (non-hydrogen) atoms. The van der Waals surface area contributed by atoms with Gasteiger partial charge < -0.3 is 4.74 Å². The van der Waals surface area contributed by atoms with E-state index < -0.39 is 11.9 Å². The Labute approximate surface area is 150 Å². The van der Waals surface area contributed by atoms with Gasteiger partial charge in [0.05, 0.1) is 12.5 Å². The minimum absolute atomic E-state index is 0.0507. The molecule has 0 bridgehead atoms. The summed E-state index contributed by atoms with van der Waals surface area (Å²) in [4.78, 5) is 25.3. The Morgan fingerprint density at radius 3 is 2.60 bits per heavy atom. The molecule has 0 fully saturated rings. The molecular weight excluding hydrogens is 312 g/mol. The summed E-state index contributed by atoms with van der Waals surface area (Å²) in [5.74, 6) is 5.32. The van der Waals surface area contributed by atoms with Crippen LogP contribution in [0.5, 0.6) is 0 Å². The van der Waals surface area contributed by atoms with Crippen molar-refractivity contribution >= 4 is 11.8 Å². The molecule has 0 radical (unpaired) electrons. The number of carbonyl (C=O) groups excluding carboxylic acids is 2. The highest BCUT2D eigenvalue weighted by atomic mass is 16.5. The van der Waals surface area contributed by atoms with Crippen molar-refractivity contribution in [3.8, 4) is 11.8 Å². The minimum atomic E-state index is -0.528. The number of ether oxygens (including phenoxy) is 1. The number of allylic oxidation sites excluding steroid dienone is 1. The number of hydrogen-bond donors (Lipinski definition) is 0. The van der Waals surface area contributed by atoms with Crippen LogP contribution in [-0.4, -0.2) is 18.4 Å². The molecule has 1 aliphatic rings. The fourth-order valence-electron chi connectivity index (χ4n) is 3.07. The van der Waals surface area contributed by atoms with Crippen molar-refractivity contribution in [2.45, 2.75) is 46.0 Å². The van der Waals surface area contributed by atoms with Crippen LogP contribution in [0.1, 0.15) is 56.3 Å². The maximum Gasteiger partial charge on any atom is 0.334 e. The largest absolute Gasteiger partial charge is 0.463 e. The fourth-order valence-corrected chi connectivity index (χ4v) is 3.07. The third kappa shape index (κ3) is 5.06. The van der Waals surface area contributed by atoms with E-state index in [0.717, 1.165) is 25.7 Å². The van der Waals surface area contributed by atoms with Crippen LogP contribution in [0.25, 0.3) is 0 Å². The standard InChI is InChI=1S/C22H26O3/c1-3-5-6-7-9-12-17-15-16-19(22(24)25-4-2)20(17)21(23)18-13-10-8-11-14-18/h8,10-11,13-14,16-17,20H,3-7,15H2,1-2H3/t17-,20+/m0/s1. The third-order valence-corrected chi connectivity index (χ3v) is 4.37. The smallest absolute Gasteiger partial charge is 0.334 e. The molecule has 0 heterocycles. The summed E-state index contributed by atoms with van der Waals surface area (Å²) < 4.78 is 5.14. The molecule has 0 saturated carbocycles. The topological polar surface area (TPSA) is 43.4 Å². The average molecular weight is 338 g/mol. The Morgan fingerprint density at radius 1 is 1.16 bits per heavy atom. The molecule has 1 aromatic carbocycles. The summed E-state index contributed by atoms with van der Waals surface area (Å²) >= 11 is 0. The zero-order chi connectivity index (χ0) is 18.1. The van der Waals surface area contributed by atoms with Gasteiger partial charge in [-0.15, -0.1) is 5.92 Å². The monoisotopic (exact) mass is 338 g/mol. The fraction of sp³-hybridized carbons (Fsp3) is 0.455. The van der Waals surface area contributed by atoms with E-state index >= 15 is 0 Å². The van der Waals surface area contributed by atoms with E-state index in [0.29, 0.717) is 24.2 Å². The molecular formula is C22H26O3. The molecule has 0 spiro atoms. The van der Waals surface area contributed by atoms with Crippen molar-refractivity contribution in [1.29, 1.82) is 0 Å². The van der Waals surface area contributed by atoms with Gasteiger partial charge in [-0.1, -0.05) is 62.1 Å². The first kappa shape index (κ1) is 19.0. The number of esters is 1. The van der Waals surface area contributed by atoms with Gasteiger partial charge in [-0.2, -0.15) is 0 Å². The second-order valence-corrected chi connectivity index (χ2v) is 6.21. The first-order chi connectivity index (χ1) is 12.2. The summed E-state index contributed by atoms with van der Waals surface area (Å²) in [6.07, 6.45) is 6.69. The van der Waals surface area contributed by atoms with E-state index in [2.05, 4.69) is 18.8 Å². The molecule has 3 heteroatoms. The summed E-state index contributed by atoms with van der Waals surface area (Å²) in [6, 6.07) is 9.12. The lowest BCUT2D eigenvalue weighted by molar-refractivity contribution is -0.139. The third-order valence-electron chi connectivity index (χ3n) is 4.37. The molecule has 1 aliphatic carbocycles. The van der Waals surface area contributed by atoms with Crippen molar-refractivity contribution in [3.05, 3.63) is 47.5 Å². The molecule has 0 amide bonds. The summed E-state index contributed by atoms with van der Waals surface area (Å²) in [5.41, 5.74) is 1.07. The van der Waals surface area contributed by atoms with Crippen LogP contribution >= 0.6 is 0 Å². The minimum Gasteiger partial charge on any atom is -0.463 e. The van der Waals surface area contributed by atoms with Crippen LogP contribution in [-0.2, 0) is 9.53 Å². The number of hydrogen-bond acceptors (Lipinski definition) is 3. The van der Waals surface area contributed by atoms with E-state index in [-0.39, 0.29) is 11.7 Å². The molecule has 0 aromatic heterocycles. The lowest BCUT2D eigenvalue weighted by Crippen LogP contribution is -2.25. The van der Waals surface area contributed by atoms with Crippen LogP contribution in [0.4, 0.5) is 0 Å². The molecule has 3 nitrogen and oxygen atoms in total. The van der Waals surface area contributed by atoms with Gasteiger partial charge in [0.15, 0.2) is 5.78 Å². The first-order valence-electron chi connectivity index (χ1n) is 9.13. The number of carbonyl (C=O) groups is 2. The number of ketones is 1. The Bertz CT molecular complexity index is 676. The van der Waals surface area contributed by atoms with E-state index in [4.69, 9.17) is 4.74 Å². The first-order valence-corrected chi connectivity index (χ1v) is 9.13. The summed E-state index contributed by atoms with van der Waals surface area (Å²) in [7, 11) is 0. The lowest BCUT2D eigenvalue weighted by atomic mass is 9.84. The van der Waals surface area contributed by atoms with E-state index in [9.17, 15) is 9.59 Å². The molecule has 2 rings (SSSR count). The molecule has 0 unspecified atom stereocenters. The molecule has 2 atom stereocenters. The van der Waals surface area contributed by atoms with Crippen LogP contribution < -0.4 is 0 Å². The van der Waals surface area contributed by atoms with E-state index in [1.807, 2.05) is 24.3 Å². The second kappa shape index (κ2) is 9.84. The SMILES string of the molecule is CCCCCC#C[C@H]1CC=C(C(=O)OCC)[C@@H]1C(=O)c1ccccc1. The zero-order valence-corrected chi connectivity index (χ0v) is 15.1. The Balaban J connectivity index is 2.19. The predicted octanol–water partition coefficient (Wildman–Crippen LogP) is 4.58. The van der Waals surface area contributed by atoms with Crippen LogP contribution in [0.3, 0.4) is 0 Å². The van der Waals surface area contributed by atoms with E-state index in [1.54, 1.807) is 19.1 Å². The highest BCUT2D eigenvalue weighted by Gasteiger charge is 2.38. The molecule has 0 aliphatic heterocycles. The average Bonchev–Trinajstić information content (AvgIpc) is 3.06. The van der Waals surface area contributed by atoms with Gasteiger partial charge in [0.2, 0.25) is 0 Å². The number of Topliss-reactive ketones (excluding diaryl/α,β-unsaturated/α-hetero) is 1. The number of unbranched alkanes of at least 4 members (excludes halogenated alkanes) is 3. The molecule has 0 saturated heterocycles.